The first kappa shape index (κ1) is 11.4. The van der Waals surface area contributed by atoms with Crippen LogP contribution in [0.3, 0.4) is 0 Å². The summed E-state index contributed by atoms with van der Waals surface area (Å²) in [6.45, 7) is 0. The van der Waals surface area contributed by atoms with Crippen LogP contribution in [0.4, 0.5) is 8.78 Å². The molecule has 0 spiro atoms. The molecule has 16 heavy (non-hydrogen) atoms. The number of rotatable bonds is 4. The second-order valence-corrected chi connectivity index (χ2v) is 5.22. The van der Waals surface area contributed by atoms with Gasteiger partial charge in [-0.1, -0.05) is 0 Å². The molecule has 1 aromatic rings. The van der Waals surface area contributed by atoms with Crippen LogP contribution in [-0.4, -0.2) is 15.7 Å². The number of hydrogen-bond donors (Lipinski definition) is 0. The summed E-state index contributed by atoms with van der Waals surface area (Å²) in [5.41, 5.74) is 0. The number of benzene rings is 1. The minimum atomic E-state index is -1.71. The molecule has 1 unspecified atom stereocenters. The summed E-state index contributed by atoms with van der Waals surface area (Å²) in [6, 6.07) is 2.84. The Morgan fingerprint density at radius 3 is 2.62 bits per heavy atom. The molecule has 0 saturated heterocycles. The third-order valence-corrected chi connectivity index (χ3v) is 3.81. The zero-order valence-corrected chi connectivity index (χ0v) is 9.23. The summed E-state index contributed by atoms with van der Waals surface area (Å²) in [4.78, 5) is 11.3. The number of hydrogen-bond acceptors (Lipinski definition) is 2. The second-order valence-electron chi connectivity index (χ2n) is 3.81. The largest absolute Gasteiger partial charge is 0.298 e. The minimum absolute atomic E-state index is 0.00691. The van der Waals surface area contributed by atoms with E-state index in [0.29, 0.717) is 6.07 Å². The topological polar surface area (TPSA) is 34.1 Å². The van der Waals surface area contributed by atoms with Crippen molar-refractivity contribution in [1.82, 2.24) is 0 Å². The highest BCUT2D eigenvalue weighted by Crippen LogP contribution is 2.30. The average Bonchev–Trinajstić information content (AvgIpc) is 2.99. The monoisotopic (exact) mass is 244 g/mol. The van der Waals surface area contributed by atoms with E-state index in [4.69, 9.17) is 0 Å². The van der Waals surface area contributed by atoms with Crippen LogP contribution in [0, 0.1) is 17.6 Å². The molecule has 1 aromatic carbocycles. The van der Waals surface area contributed by atoms with Crippen LogP contribution in [0.1, 0.15) is 12.8 Å². The van der Waals surface area contributed by atoms with Gasteiger partial charge in [-0.05, 0) is 25.0 Å². The molecule has 1 aliphatic carbocycles. The molecule has 1 fully saturated rings. The maximum absolute atomic E-state index is 13.2. The molecule has 0 radical (unpaired) electrons. The van der Waals surface area contributed by atoms with E-state index in [1.54, 1.807) is 0 Å². The lowest BCUT2D eigenvalue weighted by molar-refractivity contribution is -0.117. The Labute approximate surface area is 94.1 Å². The van der Waals surface area contributed by atoms with E-state index in [2.05, 4.69) is 0 Å². The van der Waals surface area contributed by atoms with Crippen molar-refractivity contribution in [3.8, 4) is 0 Å². The third-order valence-electron chi connectivity index (χ3n) is 2.45. The molecule has 1 saturated carbocycles. The standard InChI is InChI=1S/C11H10F2O2S/c12-8-3-4-11(9(13)5-8)16(15)6-10(14)7-1-2-7/h3-5,7H,1-2,6H2. The van der Waals surface area contributed by atoms with Crippen LogP contribution in [0.5, 0.6) is 0 Å². The molecule has 0 aromatic heterocycles. The van der Waals surface area contributed by atoms with Crippen LogP contribution < -0.4 is 0 Å². The van der Waals surface area contributed by atoms with E-state index < -0.39 is 22.4 Å². The fraction of sp³-hybridized carbons (Fsp3) is 0.364. The number of carbonyl (C=O) groups is 1. The van der Waals surface area contributed by atoms with Gasteiger partial charge in [-0.25, -0.2) is 8.78 Å². The third kappa shape index (κ3) is 2.52. The quantitative estimate of drug-likeness (QED) is 0.812. The van der Waals surface area contributed by atoms with Gasteiger partial charge in [0.2, 0.25) is 0 Å². The van der Waals surface area contributed by atoms with E-state index >= 15 is 0 Å². The van der Waals surface area contributed by atoms with Crippen molar-refractivity contribution in [2.45, 2.75) is 17.7 Å². The van der Waals surface area contributed by atoms with Crippen LogP contribution in [0.25, 0.3) is 0 Å². The van der Waals surface area contributed by atoms with Gasteiger partial charge in [0, 0.05) is 12.0 Å². The molecule has 0 amide bonds. The molecule has 1 atom stereocenters. The van der Waals surface area contributed by atoms with Crippen LogP contribution >= 0.6 is 0 Å². The van der Waals surface area contributed by atoms with E-state index in [0.717, 1.165) is 25.0 Å². The van der Waals surface area contributed by atoms with Crippen molar-refractivity contribution in [3.05, 3.63) is 29.8 Å². The van der Waals surface area contributed by atoms with Crippen molar-refractivity contribution < 1.29 is 17.8 Å². The van der Waals surface area contributed by atoms with Crippen molar-refractivity contribution >= 4 is 16.6 Å². The van der Waals surface area contributed by atoms with Gasteiger partial charge in [0.05, 0.1) is 21.4 Å². The Kier molecular flexibility index (Phi) is 3.14. The van der Waals surface area contributed by atoms with E-state index in [9.17, 15) is 17.8 Å². The number of halogens is 2. The van der Waals surface area contributed by atoms with Gasteiger partial charge in [0.15, 0.2) is 0 Å². The fourth-order valence-electron chi connectivity index (χ4n) is 1.39. The van der Waals surface area contributed by atoms with Gasteiger partial charge >= 0.3 is 0 Å². The Balaban J connectivity index is 2.10. The maximum Gasteiger partial charge on any atom is 0.148 e. The van der Waals surface area contributed by atoms with Crippen molar-refractivity contribution in [2.24, 2.45) is 5.92 Å². The lowest BCUT2D eigenvalue weighted by atomic mass is 10.3. The predicted octanol–water partition coefficient (Wildman–Crippen LogP) is 2.05. The molecule has 0 N–H and O–H groups in total. The SMILES string of the molecule is O=C(CS(=O)c1ccc(F)cc1F)C1CC1. The predicted molar refractivity (Wildman–Crippen MR) is 55.4 cm³/mol. The average molecular weight is 244 g/mol. The van der Waals surface area contributed by atoms with E-state index in [1.807, 2.05) is 0 Å². The molecule has 0 heterocycles. The van der Waals surface area contributed by atoms with Gasteiger partial charge < -0.3 is 0 Å². The lowest BCUT2D eigenvalue weighted by Gasteiger charge is -2.02. The van der Waals surface area contributed by atoms with Crippen molar-refractivity contribution in [2.75, 3.05) is 5.75 Å². The van der Waals surface area contributed by atoms with Gasteiger partial charge in [-0.15, -0.1) is 0 Å². The van der Waals surface area contributed by atoms with Crippen LogP contribution in [-0.2, 0) is 15.6 Å². The number of ketones is 1. The Morgan fingerprint density at radius 2 is 2.06 bits per heavy atom. The molecule has 1 aliphatic rings. The molecule has 0 bridgehead atoms. The summed E-state index contributed by atoms with van der Waals surface area (Å²) in [5.74, 6) is -1.84. The molecular formula is C11H10F2O2S. The molecule has 5 heteroatoms. The summed E-state index contributed by atoms with van der Waals surface area (Å²) in [6.07, 6.45) is 1.67. The number of Topliss-reactive ketones (excluding diaryl/α,β-unsaturated/α-hetero) is 1. The van der Waals surface area contributed by atoms with Gasteiger partial charge in [-0.2, -0.15) is 0 Å². The van der Waals surface area contributed by atoms with Crippen LogP contribution in [0.15, 0.2) is 23.1 Å². The lowest BCUT2D eigenvalue weighted by Crippen LogP contribution is -2.13. The summed E-state index contributed by atoms with van der Waals surface area (Å²) in [7, 11) is -1.71. The van der Waals surface area contributed by atoms with E-state index in [1.165, 1.54) is 0 Å². The molecule has 2 nitrogen and oxygen atoms in total. The smallest absolute Gasteiger partial charge is 0.148 e. The first-order valence-electron chi connectivity index (χ1n) is 4.94. The fourth-order valence-corrected chi connectivity index (χ4v) is 2.54. The van der Waals surface area contributed by atoms with Gasteiger partial charge in [-0.3, -0.25) is 9.00 Å². The summed E-state index contributed by atoms with van der Waals surface area (Å²) < 4.78 is 37.5. The molecule has 0 aliphatic heterocycles. The first-order chi connectivity index (χ1) is 7.58. The first-order valence-corrected chi connectivity index (χ1v) is 6.26. The zero-order valence-electron chi connectivity index (χ0n) is 8.41. The number of carbonyl (C=O) groups excluding carboxylic acids is 1. The Bertz CT molecular complexity index is 455. The van der Waals surface area contributed by atoms with Crippen molar-refractivity contribution in [3.63, 3.8) is 0 Å². The second kappa shape index (κ2) is 4.41. The van der Waals surface area contributed by atoms with E-state index in [-0.39, 0.29) is 22.3 Å². The maximum atomic E-state index is 13.2. The zero-order chi connectivity index (χ0) is 11.7. The molecular weight excluding hydrogens is 234 g/mol. The van der Waals surface area contributed by atoms with Crippen LogP contribution in [0.2, 0.25) is 0 Å². The minimum Gasteiger partial charge on any atom is -0.298 e. The highest BCUT2D eigenvalue weighted by molar-refractivity contribution is 7.85. The Hall–Kier alpha value is -1.10. The molecule has 86 valence electrons. The Morgan fingerprint density at radius 1 is 1.38 bits per heavy atom. The van der Waals surface area contributed by atoms with Gasteiger partial charge in [0.25, 0.3) is 0 Å². The van der Waals surface area contributed by atoms with Gasteiger partial charge in [0.1, 0.15) is 17.4 Å². The summed E-state index contributed by atoms with van der Waals surface area (Å²) >= 11 is 0. The highest BCUT2D eigenvalue weighted by atomic mass is 32.2. The normalized spacial score (nSPS) is 17.1. The molecule has 2 rings (SSSR count). The highest BCUT2D eigenvalue weighted by Gasteiger charge is 2.30. The van der Waals surface area contributed by atoms with Crippen molar-refractivity contribution in [1.29, 1.82) is 0 Å². The summed E-state index contributed by atoms with van der Waals surface area (Å²) in [5, 5.41) is 0.